The number of nitro groups is 1. The lowest BCUT2D eigenvalue weighted by Crippen LogP contribution is -2.32. The van der Waals surface area contributed by atoms with Crippen LogP contribution in [-0.4, -0.2) is 34.2 Å². The number of benzene rings is 1. The van der Waals surface area contributed by atoms with Crippen molar-refractivity contribution in [2.75, 3.05) is 6.54 Å². The zero-order valence-electron chi connectivity index (χ0n) is 14.7. The molecule has 0 aliphatic rings. The van der Waals surface area contributed by atoms with Crippen LogP contribution in [0.1, 0.15) is 48.7 Å². The summed E-state index contributed by atoms with van der Waals surface area (Å²) in [6.07, 6.45) is 3.20. The third kappa shape index (κ3) is 6.62. The first kappa shape index (κ1) is 20.1. The van der Waals surface area contributed by atoms with Crippen molar-refractivity contribution < 1.29 is 24.4 Å². The number of hydrogen-bond acceptors (Lipinski definition) is 5. The molecule has 1 aromatic rings. The molecule has 2 N–H and O–H groups in total. The minimum Gasteiger partial charge on any atom is -0.478 e. The minimum absolute atomic E-state index is 0.110. The van der Waals surface area contributed by atoms with Crippen LogP contribution in [0.25, 0.3) is 6.08 Å². The molecule has 0 aromatic heterocycles. The summed E-state index contributed by atoms with van der Waals surface area (Å²) in [6, 6.07) is 2.70. The van der Waals surface area contributed by atoms with E-state index >= 15 is 0 Å². The second-order valence-electron chi connectivity index (χ2n) is 6.39. The van der Waals surface area contributed by atoms with E-state index in [9.17, 15) is 19.7 Å². The molecule has 136 valence electrons. The third-order valence-corrected chi connectivity index (χ3v) is 3.12. The van der Waals surface area contributed by atoms with Gasteiger partial charge < -0.3 is 15.2 Å². The average Bonchev–Trinajstić information content (AvgIpc) is 2.45. The van der Waals surface area contributed by atoms with Gasteiger partial charge in [-0.25, -0.2) is 9.59 Å². The number of carboxylic acid groups (broad SMARTS) is 1. The van der Waals surface area contributed by atoms with Gasteiger partial charge in [0.05, 0.1) is 10.5 Å². The maximum absolute atomic E-state index is 11.5. The molecule has 0 aliphatic carbocycles. The summed E-state index contributed by atoms with van der Waals surface area (Å²) >= 11 is 0. The monoisotopic (exact) mass is 350 g/mol. The van der Waals surface area contributed by atoms with Gasteiger partial charge in [0.15, 0.2) is 0 Å². The van der Waals surface area contributed by atoms with E-state index in [0.29, 0.717) is 18.5 Å². The van der Waals surface area contributed by atoms with Crippen molar-refractivity contribution in [2.24, 2.45) is 0 Å². The molecule has 0 unspecified atom stereocenters. The van der Waals surface area contributed by atoms with Crippen LogP contribution in [0.3, 0.4) is 0 Å². The fourth-order valence-electron chi connectivity index (χ4n) is 2.02. The highest BCUT2D eigenvalue weighted by atomic mass is 16.6. The van der Waals surface area contributed by atoms with Gasteiger partial charge >= 0.3 is 12.1 Å². The molecule has 0 atom stereocenters. The van der Waals surface area contributed by atoms with Gasteiger partial charge in [0.1, 0.15) is 5.60 Å². The Morgan fingerprint density at radius 3 is 2.52 bits per heavy atom. The number of ether oxygens (including phenoxy) is 1. The number of amides is 1. The van der Waals surface area contributed by atoms with Gasteiger partial charge in [0.2, 0.25) is 0 Å². The first-order chi connectivity index (χ1) is 11.5. The number of nitrogens with zero attached hydrogens (tertiary/aromatic N) is 1. The summed E-state index contributed by atoms with van der Waals surface area (Å²) < 4.78 is 5.09. The van der Waals surface area contributed by atoms with Gasteiger partial charge in [-0.1, -0.05) is 12.2 Å². The Bertz CT molecular complexity index is 669. The third-order valence-electron chi connectivity index (χ3n) is 3.12. The highest BCUT2D eigenvalue weighted by Gasteiger charge is 2.19. The van der Waals surface area contributed by atoms with Gasteiger partial charge in [-0.15, -0.1) is 0 Å². The molecule has 8 nitrogen and oxygen atoms in total. The molecule has 0 bridgehead atoms. The minimum atomic E-state index is -1.22. The van der Waals surface area contributed by atoms with Crippen molar-refractivity contribution in [3.8, 4) is 0 Å². The number of carbonyl (C=O) groups excluding carboxylic acids is 1. The first-order valence-electron chi connectivity index (χ1n) is 7.67. The fourth-order valence-corrected chi connectivity index (χ4v) is 2.02. The Hall–Kier alpha value is -2.90. The fraction of sp³-hybridized carbons (Fsp3) is 0.412. The van der Waals surface area contributed by atoms with Crippen LogP contribution in [0.2, 0.25) is 0 Å². The normalized spacial score (nSPS) is 11.4. The number of carboxylic acids is 1. The van der Waals surface area contributed by atoms with E-state index in [0.717, 1.165) is 0 Å². The molecule has 0 radical (unpaired) electrons. The van der Waals surface area contributed by atoms with E-state index in [1.807, 2.05) is 0 Å². The predicted octanol–water partition coefficient (Wildman–Crippen LogP) is 3.53. The molecule has 0 saturated carbocycles. The van der Waals surface area contributed by atoms with E-state index in [1.165, 1.54) is 19.1 Å². The van der Waals surface area contributed by atoms with Gasteiger partial charge in [-0.05, 0) is 45.7 Å². The van der Waals surface area contributed by atoms with Crippen molar-refractivity contribution >= 4 is 23.8 Å². The standard InChI is InChI=1S/C17H22N2O6/c1-11-13(15(20)21)9-12(10-14(11)19(23)24)7-5-6-8-18-16(22)25-17(2,3)4/h5,7,9-10H,6,8H2,1-4H3,(H,18,22)(H,20,21). The SMILES string of the molecule is Cc1c(C(=O)O)cc(C=CCCNC(=O)OC(C)(C)C)cc1[N+](=O)[O-]. The summed E-state index contributed by atoms with van der Waals surface area (Å²) in [5, 5.41) is 22.8. The van der Waals surface area contributed by atoms with E-state index < -0.39 is 22.6 Å². The van der Waals surface area contributed by atoms with Crippen LogP contribution in [0.4, 0.5) is 10.5 Å². The van der Waals surface area contributed by atoms with Crippen molar-refractivity contribution in [3.05, 3.63) is 45.0 Å². The van der Waals surface area contributed by atoms with Crippen molar-refractivity contribution in [1.82, 2.24) is 5.32 Å². The number of alkyl carbamates (subject to hydrolysis) is 1. The number of aromatic carboxylic acids is 1. The van der Waals surface area contributed by atoms with Gasteiger partial charge in [0, 0.05) is 18.2 Å². The summed E-state index contributed by atoms with van der Waals surface area (Å²) in [5.74, 6) is -1.22. The van der Waals surface area contributed by atoms with Gasteiger partial charge in [0.25, 0.3) is 5.69 Å². The maximum Gasteiger partial charge on any atom is 0.407 e. The summed E-state index contributed by atoms with van der Waals surface area (Å²) in [5.41, 5.74) is -0.408. The molecule has 0 heterocycles. The van der Waals surface area contributed by atoms with Crippen LogP contribution in [0.15, 0.2) is 18.2 Å². The quantitative estimate of drug-likeness (QED) is 0.460. The second kappa shape index (κ2) is 8.27. The number of hydrogen-bond donors (Lipinski definition) is 2. The molecule has 0 spiro atoms. The number of rotatable bonds is 6. The second-order valence-corrected chi connectivity index (χ2v) is 6.39. The first-order valence-corrected chi connectivity index (χ1v) is 7.67. The lowest BCUT2D eigenvalue weighted by molar-refractivity contribution is -0.385. The zero-order valence-corrected chi connectivity index (χ0v) is 14.7. The Balaban J connectivity index is 2.73. The summed E-state index contributed by atoms with van der Waals surface area (Å²) in [7, 11) is 0. The maximum atomic E-state index is 11.5. The molecular weight excluding hydrogens is 328 g/mol. The van der Waals surface area contributed by atoms with Crippen LogP contribution < -0.4 is 5.32 Å². The highest BCUT2D eigenvalue weighted by Crippen LogP contribution is 2.24. The molecular formula is C17H22N2O6. The van der Waals surface area contributed by atoms with Crippen LogP contribution in [0, 0.1) is 17.0 Å². The molecule has 1 rings (SSSR count). The number of carbonyl (C=O) groups is 2. The van der Waals surface area contributed by atoms with Crippen molar-refractivity contribution in [2.45, 2.75) is 39.7 Å². The summed E-state index contributed by atoms with van der Waals surface area (Å²) in [4.78, 5) is 33.1. The Labute approximate surface area is 145 Å². The van der Waals surface area contributed by atoms with Gasteiger partial charge in [-0.2, -0.15) is 0 Å². The van der Waals surface area contributed by atoms with Crippen LogP contribution in [0.5, 0.6) is 0 Å². The van der Waals surface area contributed by atoms with E-state index in [-0.39, 0.29) is 16.8 Å². The topological polar surface area (TPSA) is 119 Å². The lowest BCUT2D eigenvalue weighted by Gasteiger charge is -2.19. The zero-order chi connectivity index (χ0) is 19.2. The van der Waals surface area contributed by atoms with Crippen LogP contribution >= 0.6 is 0 Å². The van der Waals surface area contributed by atoms with Crippen molar-refractivity contribution in [1.29, 1.82) is 0 Å². The Kier molecular flexibility index (Phi) is 6.67. The smallest absolute Gasteiger partial charge is 0.407 e. The molecule has 1 aromatic carbocycles. The molecule has 0 saturated heterocycles. The van der Waals surface area contributed by atoms with E-state index in [1.54, 1.807) is 32.9 Å². The predicted molar refractivity (Wildman–Crippen MR) is 92.7 cm³/mol. The molecule has 25 heavy (non-hydrogen) atoms. The Morgan fingerprint density at radius 2 is 2.00 bits per heavy atom. The van der Waals surface area contributed by atoms with E-state index in [2.05, 4.69) is 5.32 Å². The van der Waals surface area contributed by atoms with Crippen LogP contribution in [-0.2, 0) is 4.74 Å². The molecule has 0 aliphatic heterocycles. The lowest BCUT2D eigenvalue weighted by atomic mass is 10.0. The molecule has 8 heteroatoms. The summed E-state index contributed by atoms with van der Waals surface area (Å²) in [6.45, 7) is 7.01. The molecule has 0 fully saturated rings. The number of nitro benzene ring substituents is 1. The molecule has 1 amide bonds. The van der Waals surface area contributed by atoms with Crippen molar-refractivity contribution in [3.63, 3.8) is 0 Å². The number of nitrogens with one attached hydrogen (secondary N) is 1. The van der Waals surface area contributed by atoms with Gasteiger partial charge in [-0.3, -0.25) is 10.1 Å². The average molecular weight is 350 g/mol. The Morgan fingerprint density at radius 1 is 1.36 bits per heavy atom. The van der Waals surface area contributed by atoms with E-state index in [4.69, 9.17) is 9.84 Å². The highest BCUT2D eigenvalue weighted by molar-refractivity contribution is 5.91. The largest absolute Gasteiger partial charge is 0.478 e.